The number of carbonyl (C=O) groups is 1. The number of hydrogen-bond acceptors (Lipinski definition) is 3. The fraction of sp³-hybridized carbons (Fsp3) is 0.733. The van der Waals surface area contributed by atoms with E-state index in [4.69, 9.17) is 16.3 Å². The molecule has 9 heteroatoms. The van der Waals surface area contributed by atoms with E-state index >= 15 is 0 Å². The predicted molar refractivity (Wildman–Crippen MR) is 80.8 cm³/mol. The Morgan fingerprint density at radius 3 is 2.71 bits per heavy atom. The lowest BCUT2D eigenvalue weighted by Crippen LogP contribution is -2.35. The van der Waals surface area contributed by atoms with Gasteiger partial charge in [0, 0.05) is 25.6 Å². The average Bonchev–Trinajstić information content (AvgIpc) is 3.07. The molecule has 1 aromatic heterocycles. The van der Waals surface area contributed by atoms with Gasteiger partial charge in [0.15, 0.2) is 5.69 Å². The van der Waals surface area contributed by atoms with Crippen LogP contribution in [0.15, 0.2) is 0 Å². The highest BCUT2D eigenvalue weighted by Crippen LogP contribution is 2.46. The Labute approximate surface area is 142 Å². The van der Waals surface area contributed by atoms with E-state index in [2.05, 4.69) is 10.4 Å². The first-order valence-electron chi connectivity index (χ1n) is 8.10. The molecule has 24 heavy (non-hydrogen) atoms. The number of hydrogen-bond donors (Lipinski definition) is 1. The third-order valence-electron chi connectivity index (χ3n) is 4.23. The molecule has 2 fully saturated rings. The second kappa shape index (κ2) is 6.92. The van der Waals surface area contributed by atoms with E-state index in [9.17, 15) is 18.0 Å². The van der Waals surface area contributed by atoms with E-state index in [1.165, 1.54) is 4.68 Å². The van der Waals surface area contributed by atoms with Crippen LogP contribution in [0, 0.1) is 0 Å². The quantitative estimate of drug-likeness (QED) is 0.788. The lowest BCUT2D eigenvalue weighted by Gasteiger charge is -2.11. The highest BCUT2D eigenvalue weighted by Gasteiger charge is 2.41. The van der Waals surface area contributed by atoms with Crippen LogP contribution < -0.4 is 5.32 Å². The minimum absolute atomic E-state index is 0.0579. The minimum Gasteiger partial charge on any atom is -0.368 e. The Hall–Kier alpha value is -1.28. The first-order valence-corrected chi connectivity index (χ1v) is 8.48. The Balaban J connectivity index is 1.57. The fourth-order valence-corrected chi connectivity index (χ4v) is 3.29. The fourth-order valence-electron chi connectivity index (χ4n) is 2.89. The number of nitrogens with one attached hydrogen (secondary N) is 1. The molecule has 1 aliphatic heterocycles. The van der Waals surface area contributed by atoms with E-state index in [-0.39, 0.29) is 23.4 Å². The summed E-state index contributed by atoms with van der Waals surface area (Å²) < 4.78 is 45.5. The van der Waals surface area contributed by atoms with Crippen LogP contribution in [0.3, 0.4) is 0 Å². The molecule has 0 spiro atoms. The molecule has 0 bridgehead atoms. The van der Waals surface area contributed by atoms with Gasteiger partial charge in [-0.25, -0.2) is 0 Å². The van der Waals surface area contributed by atoms with Crippen molar-refractivity contribution in [2.24, 2.45) is 0 Å². The molecular formula is C15H19ClF3N3O2. The molecule has 134 valence electrons. The van der Waals surface area contributed by atoms with E-state index in [0.29, 0.717) is 31.7 Å². The van der Waals surface area contributed by atoms with E-state index < -0.39 is 18.0 Å². The van der Waals surface area contributed by atoms with Crippen LogP contribution in [0.4, 0.5) is 13.2 Å². The third-order valence-corrected chi connectivity index (χ3v) is 4.60. The number of halogens is 4. The van der Waals surface area contributed by atoms with Crippen molar-refractivity contribution in [2.75, 3.05) is 13.2 Å². The topological polar surface area (TPSA) is 56.2 Å². The maximum absolute atomic E-state index is 13.0. The second-order valence-corrected chi connectivity index (χ2v) is 6.57. The Morgan fingerprint density at radius 2 is 2.12 bits per heavy atom. The number of nitrogens with zero attached hydrogens (tertiary/aromatic N) is 2. The van der Waals surface area contributed by atoms with Crippen LogP contribution >= 0.6 is 11.6 Å². The molecule has 0 radical (unpaired) electrons. The van der Waals surface area contributed by atoms with Crippen molar-refractivity contribution < 1.29 is 22.7 Å². The third kappa shape index (κ3) is 3.85. The maximum atomic E-state index is 13.0. The van der Waals surface area contributed by atoms with Gasteiger partial charge in [0.1, 0.15) is 6.10 Å². The molecule has 1 amide bonds. The SMILES string of the molecule is O=C(NCCCn1nc(C(F)(F)F)c(Cl)c1C1CC1)[C@@H]1CCCO1. The molecule has 1 saturated carbocycles. The van der Waals surface area contributed by atoms with Gasteiger partial charge in [-0.3, -0.25) is 9.48 Å². The first kappa shape index (κ1) is 17.5. The van der Waals surface area contributed by atoms with Gasteiger partial charge < -0.3 is 10.1 Å². The number of aromatic nitrogens is 2. The summed E-state index contributed by atoms with van der Waals surface area (Å²) in [5.74, 6) is -0.105. The zero-order valence-corrected chi connectivity index (χ0v) is 13.8. The number of aryl methyl sites for hydroxylation is 1. The molecule has 0 aromatic carbocycles. The minimum atomic E-state index is -4.56. The molecule has 1 saturated heterocycles. The van der Waals surface area contributed by atoms with Crippen molar-refractivity contribution in [3.05, 3.63) is 16.4 Å². The lowest BCUT2D eigenvalue weighted by atomic mass is 10.2. The molecule has 3 rings (SSSR count). The molecule has 2 aliphatic rings. The summed E-state index contributed by atoms with van der Waals surface area (Å²) >= 11 is 5.91. The van der Waals surface area contributed by atoms with Gasteiger partial charge in [-0.1, -0.05) is 11.6 Å². The largest absolute Gasteiger partial charge is 0.436 e. The first-order chi connectivity index (χ1) is 11.4. The summed E-state index contributed by atoms with van der Waals surface area (Å²) in [5, 5.41) is 6.13. The monoisotopic (exact) mass is 365 g/mol. The van der Waals surface area contributed by atoms with Crippen LogP contribution in [0.5, 0.6) is 0 Å². The van der Waals surface area contributed by atoms with Gasteiger partial charge in [-0.15, -0.1) is 0 Å². The molecule has 2 heterocycles. The highest BCUT2D eigenvalue weighted by atomic mass is 35.5. The van der Waals surface area contributed by atoms with Crippen LogP contribution in [0.2, 0.25) is 5.02 Å². The number of amides is 1. The average molecular weight is 366 g/mol. The van der Waals surface area contributed by atoms with Crippen molar-refractivity contribution >= 4 is 17.5 Å². The maximum Gasteiger partial charge on any atom is 0.436 e. The molecule has 1 aliphatic carbocycles. The van der Waals surface area contributed by atoms with Crippen molar-refractivity contribution in [1.82, 2.24) is 15.1 Å². The summed E-state index contributed by atoms with van der Waals surface area (Å²) in [6.45, 7) is 1.24. The summed E-state index contributed by atoms with van der Waals surface area (Å²) in [7, 11) is 0. The summed E-state index contributed by atoms with van der Waals surface area (Å²) in [4.78, 5) is 11.8. The lowest BCUT2D eigenvalue weighted by molar-refractivity contribution is -0.141. The van der Waals surface area contributed by atoms with Crippen molar-refractivity contribution in [2.45, 2.75) is 56.8 Å². The van der Waals surface area contributed by atoms with E-state index in [1.54, 1.807) is 0 Å². The van der Waals surface area contributed by atoms with Gasteiger partial charge in [-0.2, -0.15) is 18.3 Å². The number of rotatable bonds is 6. The number of carbonyl (C=O) groups excluding carboxylic acids is 1. The van der Waals surface area contributed by atoms with Gasteiger partial charge in [0.2, 0.25) is 5.91 Å². The van der Waals surface area contributed by atoms with Crippen LogP contribution in [0.1, 0.15) is 49.4 Å². The summed E-state index contributed by atoms with van der Waals surface area (Å²) in [6.07, 6.45) is -1.23. The van der Waals surface area contributed by atoms with Crippen LogP contribution in [0.25, 0.3) is 0 Å². The highest BCUT2D eigenvalue weighted by molar-refractivity contribution is 6.32. The van der Waals surface area contributed by atoms with E-state index in [1.807, 2.05) is 0 Å². The smallest absolute Gasteiger partial charge is 0.368 e. The Kier molecular flexibility index (Phi) is 5.05. The second-order valence-electron chi connectivity index (χ2n) is 6.19. The van der Waals surface area contributed by atoms with E-state index in [0.717, 1.165) is 19.3 Å². The molecule has 0 unspecified atom stereocenters. The molecular weight excluding hydrogens is 347 g/mol. The summed E-state index contributed by atoms with van der Waals surface area (Å²) in [5.41, 5.74) is -0.552. The van der Waals surface area contributed by atoms with Crippen molar-refractivity contribution in [3.63, 3.8) is 0 Å². The summed E-state index contributed by atoms with van der Waals surface area (Å²) in [6, 6.07) is 0. The normalized spacial score (nSPS) is 21.2. The van der Waals surface area contributed by atoms with Gasteiger partial charge in [0.05, 0.1) is 10.7 Å². The predicted octanol–water partition coefficient (Wildman–Crippen LogP) is 3.12. The van der Waals surface area contributed by atoms with Crippen molar-refractivity contribution in [3.8, 4) is 0 Å². The van der Waals surface area contributed by atoms with Gasteiger partial charge in [-0.05, 0) is 32.1 Å². The zero-order chi connectivity index (χ0) is 17.3. The molecule has 1 aromatic rings. The molecule has 1 N–H and O–H groups in total. The number of alkyl halides is 3. The van der Waals surface area contributed by atoms with Gasteiger partial charge >= 0.3 is 6.18 Å². The molecule has 1 atom stereocenters. The van der Waals surface area contributed by atoms with Crippen molar-refractivity contribution in [1.29, 1.82) is 0 Å². The van der Waals surface area contributed by atoms with Gasteiger partial charge in [0.25, 0.3) is 0 Å². The van der Waals surface area contributed by atoms with Crippen LogP contribution in [-0.4, -0.2) is 34.9 Å². The Morgan fingerprint density at radius 1 is 1.38 bits per heavy atom. The standard InChI is InChI=1S/C15H19ClF3N3O2/c16-11-12(9-4-5-9)22(21-13(11)15(17,18)19)7-2-6-20-14(23)10-3-1-8-24-10/h9-10H,1-8H2,(H,20,23)/t10-/m0/s1. The Bertz CT molecular complexity index is 608. The molecule has 5 nitrogen and oxygen atoms in total. The zero-order valence-electron chi connectivity index (χ0n) is 13.0. The number of ether oxygens (including phenoxy) is 1. The van der Waals surface area contributed by atoms with Crippen LogP contribution in [-0.2, 0) is 22.3 Å².